The van der Waals surface area contributed by atoms with E-state index in [-0.39, 0.29) is 5.91 Å². The van der Waals surface area contributed by atoms with Crippen molar-refractivity contribution in [2.45, 2.75) is 6.92 Å². The number of carbonyl (C=O) groups excluding carboxylic acids is 1. The minimum atomic E-state index is 0.139. The predicted octanol–water partition coefficient (Wildman–Crippen LogP) is 3.79. The number of hydrogen-bond acceptors (Lipinski definition) is 7. The van der Waals surface area contributed by atoms with Gasteiger partial charge in [0.15, 0.2) is 5.82 Å². The van der Waals surface area contributed by atoms with Crippen LogP contribution in [0.1, 0.15) is 6.92 Å². The monoisotopic (exact) mass is 467 g/mol. The van der Waals surface area contributed by atoms with Gasteiger partial charge in [-0.1, -0.05) is 6.07 Å². The Hall–Kier alpha value is -3.20. The van der Waals surface area contributed by atoms with Crippen LogP contribution in [-0.4, -0.2) is 51.9 Å². The average Bonchev–Trinajstić information content (AvgIpc) is 2.77. The van der Waals surface area contributed by atoms with Crippen LogP contribution in [-0.2, 0) is 4.79 Å². The summed E-state index contributed by atoms with van der Waals surface area (Å²) >= 11 is 3.47. The molecule has 2 aromatic heterocycles. The zero-order chi connectivity index (χ0) is 20.9. The fourth-order valence-corrected chi connectivity index (χ4v) is 3.53. The predicted molar refractivity (Wildman–Crippen MR) is 121 cm³/mol. The van der Waals surface area contributed by atoms with Crippen LogP contribution in [0.15, 0.2) is 59.3 Å². The van der Waals surface area contributed by atoms with E-state index in [9.17, 15) is 4.79 Å². The summed E-state index contributed by atoms with van der Waals surface area (Å²) in [5.41, 5.74) is 2.03. The van der Waals surface area contributed by atoms with Crippen molar-refractivity contribution in [2.75, 3.05) is 41.7 Å². The molecule has 1 amide bonds. The molecular formula is C21H22BrN7O. The first kappa shape index (κ1) is 20.1. The zero-order valence-corrected chi connectivity index (χ0v) is 18.1. The Morgan fingerprint density at radius 3 is 2.43 bits per heavy atom. The van der Waals surface area contributed by atoms with E-state index in [1.807, 2.05) is 35.2 Å². The van der Waals surface area contributed by atoms with E-state index >= 15 is 0 Å². The first-order chi connectivity index (χ1) is 14.6. The summed E-state index contributed by atoms with van der Waals surface area (Å²) in [6, 6.07) is 13.8. The van der Waals surface area contributed by atoms with Gasteiger partial charge in [-0.05, 0) is 52.3 Å². The maximum atomic E-state index is 11.5. The molecule has 0 saturated carbocycles. The van der Waals surface area contributed by atoms with Gasteiger partial charge in [-0.3, -0.25) is 4.79 Å². The fourth-order valence-electron chi connectivity index (χ4n) is 3.24. The second kappa shape index (κ2) is 9.08. The Bertz CT molecular complexity index is 1010. The number of carbonyl (C=O) groups is 1. The lowest BCUT2D eigenvalue weighted by Crippen LogP contribution is -2.48. The molecule has 0 unspecified atom stereocenters. The lowest BCUT2D eigenvalue weighted by Gasteiger charge is -2.35. The molecule has 3 aromatic rings. The maximum Gasteiger partial charge on any atom is 0.229 e. The molecule has 1 fully saturated rings. The van der Waals surface area contributed by atoms with E-state index in [4.69, 9.17) is 0 Å². The maximum absolute atomic E-state index is 11.5. The zero-order valence-electron chi connectivity index (χ0n) is 16.5. The van der Waals surface area contributed by atoms with Crippen LogP contribution < -0.4 is 15.5 Å². The van der Waals surface area contributed by atoms with Crippen molar-refractivity contribution in [1.82, 2.24) is 19.9 Å². The van der Waals surface area contributed by atoms with E-state index in [1.165, 1.54) is 0 Å². The van der Waals surface area contributed by atoms with Crippen LogP contribution in [0, 0.1) is 0 Å². The Morgan fingerprint density at radius 1 is 1.00 bits per heavy atom. The highest BCUT2D eigenvalue weighted by Crippen LogP contribution is 2.25. The van der Waals surface area contributed by atoms with Gasteiger partial charge in [0.25, 0.3) is 0 Å². The molecule has 0 spiro atoms. The number of rotatable bonds is 5. The molecule has 9 heteroatoms. The highest BCUT2D eigenvalue weighted by molar-refractivity contribution is 9.10. The number of halogens is 1. The van der Waals surface area contributed by atoms with E-state index in [1.54, 1.807) is 19.3 Å². The molecule has 1 saturated heterocycles. The largest absolute Gasteiger partial charge is 0.368 e. The molecule has 0 atom stereocenters. The molecule has 30 heavy (non-hydrogen) atoms. The van der Waals surface area contributed by atoms with Crippen molar-refractivity contribution in [3.05, 3.63) is 59.3 Å². The number of pyridine rings is 1. The van der Waals surface area contributed by atoms with Crippen LogP contribution >= 0.6 is 15.9 Å². The first-order valence-corrected chi connectivity index (χ1v) is 10.5. The number of aromatic nitrogens is 3. The molecular weight excluding hydrogens is 446 g/mol. The smallest absolute Gasteiger partial charge is 0.229 e. The van der Waals surface area contributed by atoms with Crippen LogP contribution in [0.25, 0.3) is 0 Å². The van der Waals surface area contributed by atoms with Crippen molar-refractivity contribution in [3.63, 3.8) is 0 Å². The number of hydrogen-bond donors (Lipinski definition) is 2. The molecule has 1 aromatic carbocycles. The van der Waals surface area contributed by atoms with Crippen molar-refractivity contribution < 1.29 is 4.79 Å². The standard InChI is InChI=1S/C21H22BrN7O/c1-15(30)28-10-12-29(13-11-28)17-7-5-16(6-8-17)25-21-24-14-18(22)20(27-21)26-19-4-2-3-9-23-19/h2-9,14H,10-13H2,1H3,(H2,23,24,25,26,27). The molecule has 0 bridgehead atoms. The van der Waals surface area contributed by atoms with Gasteiger partial charge in [0.2, 0.25) is 11.9 Å². The number of benzene rings is 1. The minimum absolute atomic E-state index is 0.139. The fraction of sp³-hybridized carbons (Fsp3) is 0.238. The molecule has 0 aliphatic carbocycles. The van der Waals surface area contributed by atoms with E-state index < -0.39 is 0 Å². The Labute approximate surface area is 183 Å². The third-order valence-electron chi connectivity index (χ3n) is 4.87. The van der Waals surface area contributed by atoms with Gasteiger partial charge in [0.05, 0.1) is 4.47 Å². The molecule has 3 heterocycles. The van der Waals surface area contributed by atoms with Crippen LogP contribution in [0.5, 0.6) is 0 Å². The summed E-state index contributed by atoms with van der Waals surface area (Å²) in [5, 5.41) is 6.41. The van der Waals surface area contributed by atoms with Gasteiger partial charge < -0.3 is 20.4 Å². The highest BCUT2D eigenvalue weighted by atomic mass is 79.9. The van der Waals surface area contributed by atoms with Gasteiger partial charge in [-0.2, -0.15) is 4.98 Å². The number of nitrogens with zero attached hydrogens (tertiary/aromatic N) is 5. The molecule has 8 nitrogen and oxygen atoms in total. The normalized spacial score (nSPS) is 13.8. The summed E-state index contributed by atoms with van der Waals surface area (Å²) < 4.78 is 0.749. The molecule has 0 radical (unpaired) electrons. The van der Waals surface area contributed by atoms with Gasteiger partial charge in [0.1, 0.15) is 5.82 Å². The lowest BCUT2D eigenvalue weighted by molar-refractivity contribution is -0.129. The van der Waals surface area contributed by atoms with Crippen LogP contribution in [0.3, 0.4) is 0 Å². The van der Waals surface area contributed by atoms with Crippen molar-refractivity contribution in [1.29, 1.82) is 0 Å². The van der Waals surface area contributed by atoms with E-state index in [2.05, 4.69) is 58.5 Å². The topological polar surface area (TPSA) is 86.3 Å². The van der Waals surface area contributed by atoms with Crippen molar-refractivity contribution in [2.24, 2.45) is 0 Å². The Balaban J connectivity index is 1.41. The number of nitrogens with one attached hydrogen (secondary N) is 2. The van der Waals surface area contributed by atoms with Gasteiger partial charge >= 0.3 is 0 Å². The minimum Gasteiger partial charge on any atom is -0.368 e. The third kappa shape index (κ3) is 4.85. The average molecular weight is 468 g/mol. The van der Waals surface area contributed by atoms with Gasteiger partial charge in [0, 0.05) is 56.9 Å². The number of piperazine rings is 1. The third-order valence-corrected chi connectivity index (χ3v) is 5.45. The SMILES string of the molecule is CC(=O)N1CCN(c2ccc(Nc3ncc(Br)c(Nc4ccccn4)n3)cc2)CC1. The summed E-state index contributed by atoms with van der Waals surface area (Å²) in [6.45, 7) is 4.81. The second-order valence-corrected chi connectivity index (χ2v) is 7.75. The Kier molecular flexibility index (Phi) is 6.08. The van der Waals surface area contributed by atoms with Gasteiger partial charge in [-0.15, -0.1) is 0 Å². The number of amides is 1. The van der Waals surface area contributed by atoms with Crippen molar-refractivity contribution >= 4 is 50.8 Å². The summed E-state index contributed by atoms with van der Waals surface area (Å²) in [5.74, 6) is 1.96. The van der Waals surface area contributed by atoms with Crippen molar-refractivity contribution in [3.8, 4) is 0 Å². The Morgan fingerprint density at radius 2 is 1.77 bits per heavy atom. The molecule has 4 rings (SSSR count). The highest BCUT2D eigenvalue weighted by Gasteiger charge is 2.18. The second-order valence-electron chi connectivity index (χ2n) is 6.90. The van der Waals surface area contributed by atoms with Gasteiger partial charge in [-0.25, -0.2) is 9.97 Å². The summed E-state index contributed by atoms with van der Waals surface area (Å²) in [4.78, 5) is 28.8. The van der Waals surface area contributed by atoms with Crippen LogP contribution in [0.2, 0.25) is 0 Å². The summed E-state index contributed by atoms with van der Waals surface area (Å²) in [7, 11) is 0. The lowest BCUT2D eigenvalue weighted by atomic mass is 10.2. The molecule has 1 aliphatic rings. The summed E-state index contributed by atoms with van der Waals surface area (Å²) in [6.07, 6.45) is 3.42. The first-order valence-electron chi connectivity index (χ1n) is 9.66. The van der Waals surface area contributed by atoms with E-state index in [0.717, 1.165) is 42.0 Å². The molecule has 2 N–H and O–H groups in total. The molecule has 154 valence electrons. The van der Waals surface area contributed by atoms with Crippen LogP contribution in [0.4, 0.5) is 29.0 Å². The number of anilines is 5. The quantitative estimate of drug-likeness (QED) is 0.589. The van der Waals surface area contributed by atoms with E-state index in [0.29, 0.717) is 17.6 Å². The molecule has 1 aliphatic heterocycles.